The van der Waals surface area contributed by atoms with Gasteiger partial charge in [0, 0.05) is 19.6 Å². The largest absolute Gasteiger partial charge is 0.493 e. The van der Waals surface area contributed by atoms with Crippen molar-refractivity contribution < 1.29 is 9.53 Å². The Labute approximate surface area is 120 Å². The van der Waals surface area contributed by atoms with Crippen LogP contribution >= 0.6 is 0 Å². The third-order valence-electron chi connectivity index (χ3n) is 3.87. The third-order valence-corrected chi connectivity index (χ3v) is 3.87. The molecule has 0 saturated heterocycles. The molecule has 1 saturated carbocycles. The summed E-state index contributed by atoms with van der Waals surface area (Å²) in [6.45, 7) is 2.98. The standard InChI is InChI=1S/C16H24N2O2/c1-12-4-3-5-14(10-12)20-9-8-16(19)18(2)15(11-17)13-6-7-13/h3-5,10,13,15H,6-9,11,17H2,1-2H3. The molecule has 20 heavy (non-hydrogen) atoms. The highest BCUT2D eigenvalue weighted by atomic mass is 16.5. The predicted molar refractivity (Wildman–Crippen MR) is 79.6 cm³/mol. The summed E-state index contributed by atoms with van der Waals surface area (Å²) in [6, 6.07) is 8.06. The van der Waals surface area contributed by atoms with Crippen LogP contribution in [-0.4, -0.2) is 37.0 Å². The van der Waals surface area contributed by atoms with Crippen LogP contribution in [0.2, 0.25) is 0 Å². The lowest BCUT2D eigenvalue weighted by Crippen LogP contribution is -2.43. The summed E-state index contributed by atoms with van der Waals surface area (Å²) in [5.41, 5.74) is 6.92. The molecule has 1 aromatic carbocycles. The molecule has 1 unspecified atom stereocenters. The van der Waals surface area contributed by atoms with Crippen LogP contribution in [0, 0.1) is 12.8 Å². The Morgan fingerprint density at radius 3 is 2.85 bits per heavy atom. The number of carbonyl (C=O) groups is 1. The maximum absolute atomic E-state index is 12.1. The van der Waals surface area contributed by atoms with Gasteiger partial charge in [-0.25, -0.2) is 0 Å². The molecule has 1 fully saturated rings. The molecule has 0 aliphatic heterocycles. The van der Waals surface area contributed by atoms with Gasteiger partial charge in [0.25, 0.3) is 0 Å². The van der Waals surface area contributed by atoms with E-state index in [4.69, 9.17) is 10.5 Å². The number of likely N-dealkylation sites (N-methyl/N-ethyl adjacent to an activating group) is 1. The van der Waals surface area contributed by atoms with Crippen molar-refractivity contribution in [2.45, 2.75) is 32.2 Å². The summed E-state index contributed by atoms with van der Waals surface area (Å²) >= 11 is 0. The first-order chi connectivity index (χ1) is 9.61. The van der Waals surface area contributed by atoms with Gasteiger partial charge < -0.3 is 15.4 Å². The van der Waals surface area contributed by atoms with Gasteiger partial charge in [0.2, 0.25) is 5.91 Å². The van der Waals surface area contributed by atoms with Gasteiger partial charge in [-0.3, -0.25) is 4.79 Å². The minimum atomic E-state index is 0.111. The Kier molecular flexibility index (Phi) is 5.01. The van der Waals surface area contributed by atoms with Crippen LogP contribution in [0.25, 0.3) is 0 Å². The van der Waals surface area contributed by atoms with E-state index in [9.17, 15) is 4.79 Å². The van der Waals surface area contributed by atoms with E-state index in [1.165, 1.54) is 12.8 Å². The Morgan fingerprint density at radius 1 is 1.50 bits per heavy atom. The average molecular weight is 276 g/mol. The van der Waals surface area contributed by atoms with Crippen molar-refractivity contribution in [1.29, 1.82) is 0 Å². The number of nitrogens with two attached hydrogens (primary N) is 1. The lowest BCUT2D eigenvalue weighted by molar-refractivity contribution is -0.132. The van der Waals surface area contributed by atoms with Gasteiger partial charge in [-0.05, 0) is 43.4 Å². The van der Waals surface area contributed by atoms with Gasteiger partial charge in [0.15, 0.2) is 0 Å². The molecule has 0 spiro atoms. The zero-order valence-corrected chi connectivity index (χ0v) is 12.3. The normalized spacial score (nSPS) is 15.8. The SMILES string of the molecule is Cc1cccc(OCCC(=O)N(C)C(CN)C2CC2)c1. The lowest BCUT2D eigenvalue weighted by Gasteiger charge is -2.27. The first-order valence-corrected chi connectivity index (χ1v) is 7.27. The second-order valence-electron chi connectivity index (χ2n) is 5.56. The van der Waals surface area contributed by atoms with Crippen LogP contribution in [0.5, 0.6) is 5.75 Å². The van der Waals surface area contributed by atoms with Gasteiger partial charge >= 0.3 is 0 Å². The van der Waals surface area contributed by atoms with Gasteiger partial charge in [0.1, 0.15) is 5.75 Å². The van der Waals surface area contributed by atoms with E-state index in [1.807, 2.05) is 38.2 Å². The van der Waals surface area contributed by atoms with Crippen LogP contribution in [0.15, 0.2) is 24.3 Å². The number of benzene rings is 1. The zero-order valence-electron chi connectivity index (χ0n) is 12.3. The number of hydrogen-bond acceptors (Lipinski definition) is 3. The summed E-state index contributed by atoms with van der Waals surface area (Å²) in [7, 11) is 1.85. The second kappa shape index (κ2) is 6.75. The molecule has 2 N–H and O–H groups in total. The first kappa shape index (κ1) is 14.9. The number of amides is 1. The smallest absolute Gasteiger partial charge is 0.226 e. The van der Waals surface area contributed by atoms with Crippen molar-refractivity contribution in [3.63, 3.8) is 0 Å². The fourth-order valence-corrected chi connectivity index (χ4v) is 2.47. The maximum Gasteiger partial charge on any atom is 0.226 e. The number of carbonyl (C=O) groups excluding carboxylic acids is 1. The minimum absolute atomic E-state index is 0.111. The van der Waals surface area contributed by atoms with E-state index in [1.54, 1.807) is 4.90 Å². The molecule has 110 valence electrons. The highest BCUT2D eigenvalue weighted by molar-refractivity contribution is 5.76. The molecule has 1 atom stereocenters. The third kappa shape index (κ3) is 3.97. The van der Waals surface area contributed by atoms with Crippen LogP contribution in [-0.2, 0) is 4.79 Å². The molecule has 4 heteroatoms. The van der Waals surface area contributed by atoms with Gasteiger partial charge in [-0.2, -0.15) is 0 Å². The van der Waals surface area contributed by atoms with Crippen LogP contribution in [0.3, 0.4) is 0 Å². The van der Waals surface area contributed by atoms with E-state index < -0.39 is 0 Å². The Balaban J connectivity index is 1.77. The van der Waals surface area contributed by atoms with Crippen molar-refractivity contribution in [2.24, 2.45) is 11.7 Å². The molecular weight excluding hydrogens is 252 g/mol. The minimum Gasteiger partial charge on any atom is -0.493 e. The van der Waals surface area contributed by atoms with E-state index in [2.05, 4.69) is 0 Å². The average Bonchev–Trinajstić information content (AvgIpc) is 3.24. The fraction of sp³-hybridized carbons (Fsp3) is 0.562. The number of rotatable bonds is 7. The van der Waals surface area contributed by atoms with Crippen molar-refractivity contribution in [2.75, 3.05) is 20.2 Å². The van der Waals surface area contributed by atoms with Crippen molar-refractivity contribution in [3.05, 3.63) is 29.8 Å². The predicted octanol–water partition coefficient (Wildman–Crippen LogP) is 1.96. The Hall–Kier alpha value is -1.55. The van der Waals surface area contributed by atoms with Crippen LogP contribution in [0.4, 0.5) is 0 Å². The number of nitrogens with zero attached hydrogens (tertiary/aromatic N) is 1. The molecule has 2 rings (SSSR count). The molecule has 1 aromatic rings. The van der Waals surface area contributed by atoms with Gasteiger partial charge in [-0.15, -0.1) is 0 Å². The highest BCUT2D eigenvalue weighted by Crippen LogP contribution is 2.34. The summed E-state index contributed by atoms with van der Waals surface area (Å²) in [5, 5.41) is 0. The Morgan fingerprint density at radius 2 is 2.25 bits per heavy atom. The molecular formula is C16H24N2O2. The number of aryl methyl sites for hydroxylation is 1. The molecule has 1 aliphatic rings. The first-order valence-electron chi connectivity index (χ1n) is 7.27. The number of ether oxygens (including phenoxy) is 1. The fourth-order valence-electron chi connectivity index (χ4n) is 2.47. The quantitative estimate of drug-likeness (QED) is 0.828. The van der Waals surface area contributed by atoms with E-state index in [0.29, 0.717) is 25.5 Å². The number of hydrogen-bond donors (Lipinski definition) is 1. The van der Waals surface area contributed by atoms with E-state index in [-0.39, 0.29) is 11.9 Å². The summed E-state index contributed by atoms with van der Waals surface area (Å²) in [6.07, 6.45) is 2.78. The van der Waals surface area contributed by atoms with Gasteiger partial charge in [-0.1, -0.05) is 12.1 Å². The molecule has 0 aromatic heterocycles. The topological polar surface area (TPSA) is 55.6 Å². The molecule has 1 aliphatic carbocycles. The highest BCUT2D eigenvalue weighted by Gasteiger charge is 2.34. The zero-order chi connectivity index (χ0) is 14.5. The summed E-state index contributed by atoms with van der Waals surface area (Å²) in [4.78, 5) is 13.9. The van der Waals surface area contributed by atoms with Crippen molar-refractivity contribution >= 4 is 5.91 Å². The molecule has 1 amide bonds. The second-order valence-corrected chi connectivity index (χ2v) is 5.56. The van der Waals surface area contributed by atoms with Crippen molar-refractivity contribution in [3.8, 4) is 5.75 Å². The molecule has 0 heterocycles. The van der Waals surface area contributed by atoms with E-state index >= 15 is 0 Å². The van der Waals surface area contributed by atoms with E-state index in [0.717, 1.165) is 11.3 Å². The molecule has 0 bridgehead atoms. The lowest BCUT2D eigenvalue weighted by atomic mass is 10.1. The molecule has 0 radical (unpaired) electrons. The van der Waals surface area contributed by atoms with Crippen LogP contribution < -0.4 is 10.5 Å². The summed E-state index contributed by atoms with van der Waals surface area (Å²) < 4.78 is 5.62. The monoisotopic (exact) mass is 276 g/mol. The Bertz CT molecular complexity index is 458. The molecule has 4 nitrogen and oxygen atoms in total. The maximum atomic E-state index is 12.1. The summed E-state index contributed by atoms with van der Waals surface area (Å²) in [5.74, 6) is 1.53. The van der Waals surface area contributed by atoms with Crippen LogP contribution in [0.1, 0.15) is 24.8 Å². The van der Waals surface area contributed by atoms with Gasteiger partial charge in [0.05, 0.1) is 13.0 Å². The van der Waals surface area contributed by atoms with Crippen molar-refractivity contribution in [1.82, 2.24) is 4.90 Å².